The highest BCUT2D eigenvalue weighted by Gasteiger charge is 2.56. The van der Waals surface area contributed by atoms with Gasteiger partial charge in [-0.15, -0.1) is 0 Å². The van der Waals surface area contributed by atoms with E-state index in [-0.39, 0.29) is 12.7 Å². The Bertz CT molecular complexity index is 328. The molecule has 0 amide bonds. The van der Waals surface area contributed by atoms with Crippen LogP contribution in [0.15, 0.2) is 0 Å². The van der Waals surface area contributed by atoms with Gasteiger partial charge in [0.1, 0.15) is 0 Å². The molecule has 1 heterocycles. The molecular formula is C18H31F5O2. The molecule has 0 N–H and O–H groups in total. The zero-order valence-electron chi connectivity index (χ0n) is 14.9. The third-order valence-electron chi connectivity index (χ3n) is 4.49. The van der Waals surface area contributed by atoms with E-state index in [2.05, 4.69) is 0 Å². The number of hydrogen-bond donors (Lipinski definition) is 0. The largest absolute Gasteiger partial charge is 0.453 e. The summed E-state index contributed by atoms with van der Waals surface area (Å²) >= 11 is 0. The van der Waals surface area contributed by atoms with Gasteiger partial charge in [0.2, 0.25) is 0 Å². The SMILES string of the molecule is FC(F)(F)C(F)(F)CCCCCCCCCCCOC1CCCCO1. The van der Waals surface area contributed by atoms with Gasteiger partial charge in [0.15, 0.2) is 6.29 Å². The summed E-state index contributed by atoms with van der Waals surface area (Å²) in [5.74, 6) is -4.54. The lowest BCUT2D eigenvalue weighted by molar-refractivity contribution is -0.284. The molecule has 0 aromatic carbocycles. The minimum Gasteiger partial charge on any atom is -0.353 e. The normalized spacial score (nSPS) is 19.3. The van der Waals surface area contributed by atoms with Gasteiger partial charge in [0.05, 0.1) is 0 Å². The Morgan fingerprint density at radius 1 is 0.760 bits per heavy atom. The van der Waals surface area contributed by atoms with Crippen molar-refractivity contribution in [1.82, 2.24) is 0 Å². The van der Waals surface area contributed by atoms with Crippen LogP contribution in [0, 0.1) is 0 Å². The fourth-order valence-corrected chi connectivity index (χ4v) is 2.89. The predicted octanol–water partition coefficient (Wildman–Crippen LogP) is 6.63. The van der Waals surface area contributed by atoms with E-state index in [0.29, 0.717) is 6.42 Å². The van der Waals surface area contributed by atoms with Gasteiger partial charge < -0.3 is 9.47 Å². The summed E-state index contributed by atoms with van der Waals surface area (Å²) in [5.41, 5.74) is 0. The number of hydrogen-bond acceptors (Lipinski definition) is 2. The standard InChI is InChI=1S/C18H31F5O2/c19-17(20,18(21,22)23)13-9-6-4-2-1-3-5-7-10-14-24-16-12-8-11-15-25-16/h16H,1-15H2. The minimum atomic E-state index is -5.42. The van der Waals surface area contributed by atoms with Gasteiger partial charge in [0.25, 0.3) is 0 Å². The van der Waals surface area contributed by atoms with Crippen LogP contribution in [-0.4, -0.2) is 31.6 Å². The highest BCUT2D eigenvalue weighted by molar-refractivity contribution is 4.75. The molecule has 1 aliphatic heterocycles. The van der Waals surface area contributed by atoms with Gasteiger partial charge in [-0.25, -0.2) is 0 Å². The van der Waals surface area contributed by atoms with E-state index in [1.807, 2.05) is 0 Å². The number of unbranched alkanes of at least 4 members (excludes halogenated alkanes) is 8. The molecule has 1 atom stereocenters. The Balaban J connectivity index is 1.81. The lowest BCUT2D eigenvalue weighted by atomic mass is 10.0. The Morgan fingerprint density at radius 3 is 1.84 bits per heavy atom. The zero-order chi connectivity index (χ0) is 18.6. The fraction of sp³-hybridized carbons (Fsp3) is 1.00. The van der Waals surface area contributed by atoms with Crippen molar-refractivity contribution < 1.29 is 31.4 Å². The average Bonchev–Trinajstić information content (AvgIpc) is 2.55. The van der Waals surface area contributed by atoms with Crippen LogP contribution in [0.3, 0.4) is 0 Å². The van der Waals surface area contributed by atoms with E-state index in [0.717, 1.165) is 71.0 Å². The number of alkyl halides is 5. The second-order valence-electron chi connectivity index (χ2n) is 6.80. The molecule has 150 valence electrons. The third-order valence-corrected chi connectivity index (χ3v) is 4.49. The number of rotatable bonds is 13. The van der Waals surface area contributed by atoms with Crippen molar-refractivity contribution in [2.24, 2.45) is 0 Å². The maximum absolute atomic E-state index is 12.7. The first-order chi connectivity index (χ1) is 11.8. The molecule has 1 saturated heterocycles. The van der Waals surface area contributed by atoms with Crippen LogP contribution in [0.1, 0.15) is 83.5 Å². The molecule has 0 aliphatic carbocycles. The molecule has 7 heteroatoms. The van der Waals surface area contributed by atoms with Gasteiger partial charge in [-0.1, -0.05) is 44.9 Å². The third kappa shape index (κ3) is 10.3. The first-order valence-corrected chi connectivity index (χ1v) is 9.51. The van der Waals surface area contributed by atoms with Crippen molar-refractivity contribution in [1.29, 1.82) is 0 Å². The monoisotopic (exact) mass is 374 g/mol. The van der Waals surface area contributed by atoms with Crippen molar-refractivity contribution in [3.05, 3.63) is 0 Å². The van der Waals surface area contributed by atoms with E-state index in [1.54, 1.807) is 0 Å². The first-order valence-electron chi connectivity index (χ1n) is 9.51. The molecule has 0 aromatic heterocycles. The summed E-state index contributed by atoms with van der Waals surface area (Å²) in [6.07, 6.45) is 3.95. The quantitative estimate of drug-likeness (QED) is 0.266. The van der Waals surface area contributed by atoms with Gasteiger partial charge >= 0.3 is 12.1 Å². The van der Waals surface area contributed by atoms with Crippen molar-refractivity contribution in [2.45, 2.75) is 102 Å². The van der Waals surface area contributed by atoms with Crippen LogP contribution in [0.25, 0.3) is 0 Å². The van der Waals surface area contributed by atoms with Crippen LogP contribution in [0.2, 0.25) is 0 Å². The summed E-state index contributed by atoms with van der Waals surface area (Å²) < 4.78 is 72.4. The summed E-state index contributed by atoms with van der Waals surface area (Å²) in [5, 5.41) is 0. The Labute approximate surface area is 147 Å². The van der Waals surface area contributed by atoms with Crippen molar-refractivity contribution in [3.63, 3.8) is 0 Å². The molecule has 0 radical (unpaired) electrons. The number of ether oxygens (including phenoxy) is 2. The molecule has 1 aliphatic rings. The predicted molar refractivity (Wildman–Crippen MR) is 86.7 cm³/mol. The van der Waals surface area contributed by atoms with Crippen LogP contribution in [0.5, 0.6) is 0 Å². The summed E-state index contributed by atoms with van der Waals surface area (Å²) in [6.45, 7) is 1.51. The summed E-state index contributed by atoms with van der Waals surface area (Å²) in [4.78, 5) is 0. The van der Waals surface area contributed by atoms with Gasteiger partial charge in [-0.05, 0) is 32.1 Å². The fourth-order valence-electron chi connectivity index (χ4n) is 2.89. The molecular weight excluding hydrogens is 343 g/mol. The first kappa shape index (κ1) is 22.6. The molecule has 25 heavy (non-hydrogen) atoms. The van der Waals surface area contributed by atoms with Crippen molar-refractivity contribution in [3.8, 4) is 0 Å². The Hall–Kier alpha value is -0.430. The maximum atomic E-state index is 12.7. The Kier molecular flexibility index (Phi) is 10.9. The molecule has 0 saturated carbocycles. The second kappa shape index (κ2) is 12.0. The second-order valence-corrected chi connectivity index (χ2v) is 6.80. The minimum absolute atomic E-state index is 0.0292. The molecule has 2 nitrogen and oxygen atoms in total. The van der Waals surface area contributed by atoms with Crippen molar-refractivity contribution in [2.75, 3.05) is 13.2 Å². The van der Waals surface area contributed by atoms with Crippen LogP contribution < -0.4 is 0 Å². The maximum Gasteiger partial charge on any atom is 0.453 e. The summed E-state index contributed by atoms with van der Waals surface area (Å²) in [7, 11) is 0. The smallest absolute Gasteiger partial charge is 0.353 e. The molecule has 1 fully saturated rings. The topological polar surface area (TPSA) is 18.5 Å². The van der Waals surface area contributed by atoms with Gasteiger partial charge in [0, 0.05) is 19.6 Å². The molecule has 0 aromatic rings. The number of halogens is 5. The molecule has 0 bridgehead atoms. The van der Waals surface area contributed by atoms with Crippen LogP contribution in [-0.2, 0) is 9.47 Å². The lowest BCUT2D eigenvalue weighted by Gasteiger charge is -2.22. The van der Waals surface area contributed by atoms with E-state index < -0.39 is 18.5 Å². The molecule has 1 rings (SSSR count). The summed E-state index contributed by atoms with van der Waals surface area (Å²) in [6, 6.07) is 0. The van der Waals surface area contributed by atoms with Gasteiger partial charge in [-0.3, -0.25) is 0 Å². The van der Waals surface area contributed by atoms with E-state index in [1.165, 1.54) is 6.42 Å². The lowest BCUT2D eigenvalue weighted by Crippen LogP contribution is -2.36. The van der Waals surface area contributed by atoms with E-state index in [9.17, 15) is 22.0 Å². The average molecular weight is 374 g/mol. The van der Waals surface area contributed by atoms with Crippen LogP contribution in [0.4, 0.5) is 22.0 Å². The molecule has 0 spiro atoms. The Morgan fingerprint density at radius 2 is 1.32 bits per heavy atom. The highest BCUT2D eigenvalue weighted by atomic mass is 19.4. The van der Waals surface area contributed by atoms with Crippen molar-refractivity contribution >= 4 is 0 Å². The highest BCUT2D eigenvalue weighted by Crippen LogP contribution is 2.39. The van der Waals surface area contributed by atoms with Crippen LogP contribution >= 0.6 is 0 Å². The van der Waals surface area contributed by atoms with Gasteiger partial charge in [-0.2, -0.15) is 22.0 Å². The zero-order valence-corrected chi connectivity index (χ0v) is 14.9. The molecule has 1 unspecified atom stereocenters. The van der Waals surface area contributed by atoms with E-state index in [4.69, 9.17) is 9.47 Å². The van der Waals surface area contributed by atoms with E-state index >= 15 is 0 Å².